The number of hydrogen-bond donors (Lipinski definition) is 1. The minimum atomic E-state index is -1.42. The number of carboxylic acid groups (broad SMARTS) is 1. The molecule has 1 N–H and O–H groups in total. The van der Waals surface area contributed by atoms with Crippen LogP contribution in [0.1, 0.15) is 13.8 Å². The van der Waals surface area contributed by atoms with Gasteiger partial charge in [-0.3, -0.25) is 14.4 Å². The molecule has 92 valence electrons. The number of ether oxygens (including phenoxy) is 2. The van der Waals surface area contributed by atoms with Gasteiger partial charge in [0.1, 0.15) is 0 Å². The van der Waals surface area contributed by atoms with Gasteiger partial charge in [-0.05, 0) is 5.92 Å². The second-order valence-corrected chi connectivity index (χ2v) is 3.63. The summed E-state index contributed by atoms with van der Waals surface area (Å²) in [5, 5.41) is 8.99. The van der Waals surface area contributed by atoms with Crippen LogP contribution in [-0.2, 0) is 23.9 Å². The van der Waals surface area contributed by atoms with Crippen LogP contribution in [0.15, 0.2) is 0 Å². The highest BCUT2D eigenvalue weighted by molar-refractivity contribution is 5.98. The van der Waals surface area contributed by atoms with Gasteiger partial charge in [-0.15, -0.1) is 0 Å². The summed E-state index contributed by atoms with van der Waals surface area (Å²) in [5.41, 5.74) is 0. The summed E-state index contributed by atoms with van der Waals surface area (Å²) in [6.45, 7) is 3.22. The standard InChI is InChI=1S/C10H16O6/c1-5(2)6(8(11)12)7(9(13)15-3)10(14)16-4/h5-7H,1-4H3,(H,11,12). The summed E-state index contributed by atoms with van der Waals surface area (Å²) < 4.78 is 8.83. The SMILES string of the molecule is COC(=O)C(C(=O)OC)C(C(=O)O)C(C)C. The molecule has 0 rings (SSSR count). The summed E-state index contributed by atoms with van der Waals surface area (Å²) in [6.07, 6.45) is 0. The van der Waals surface area contributed by atoms with Gasteiger partial charge in [0.2, 0.25) is 0 Å². The summed E-state index contributed by atoms with van der Waals surface area (Å²) in [6, 6.07) is 0. The normalized spacial score (nSPS) is 12.4. The highest BCUT2D eigenvalue weighted by atomic mass is 16.5. The van der Waals surface area contributed by atoms with Gasteiger partial charge in [0.15, 0.2) is 5.92 Å². The van der Waals surface area contributed by atoms with Crippen molar-refractivity contribution in [2.24, 2.45) is 17.8 Å². The molecule has 0 spiro atoms. The lowest BCUT2D eigenvalue weighted by Crippen LogP contribution is -2.40. The monoisotopic (exact) mass is 232 g/mol. The number of aliphatic carboxylic acids is 1. The summed E-state index contributed by atoms with van der Waals surface area (Å²) in [7, 11) is 2.19. The van der Waals surface area contributed by atoms with Crippen molar-refractivity contribution in [3.05, 3.63) is 0 Å². The van der Waals surface area contributed by atoms with Crippen LogP contribution in [0.5, 0.6) is 0 Å². The van der Waals surface area contributed by atoms with Gasteiger partial charge in [-0.1, -0.05) is 13.8 Å². The van der Waals surface area contributed by atoms with Crippen LogP contribution in [0.2, 0.25) is 0 Å². The molecule has 0 aromatic carbocycles. The Kier molecular flexibility index (Phi) is 5.49. The summed E-state index contributed by atoms with van der Waals surface area (Å²) in [4.78, 5) is 33.8. The number of carboxylic acids is 1. The first kappa shape index (κ1) is 14.4. The predicted octanol–water partition coefficient (Wildman–Crippen LogP) is 0.305. The van der Waals surface area contributed by atoms with E-state index in [9.17, 15) is 14.4 Å². The Labute approximate surface area is 93.5 Å². The third kappa shape index (κ3) is 3.22. The van der Waals surface area contributed by atoms with Crippen LogP contribution in [-0.4, -0.2) is 37.2 Å². The topological polar surface area (TPSA) is 89.9 Å². The van der Waals surface area contributed by atoms with Gasteiger partial charge in [0, 0.05) is 0 Å². The molecule has 0 fully saturated rings. The van der Waals surface area contributed by atoms with E-state index in [0.29, 0.717) is 0 Å². The van der Waals surface area contributed by atoms with Crippen LogP contribution < -0.4 is 0 Å². The number of carbonyl (C=O) groups is 3. The number of carbonyl (C=O) groups excluding carboxylic acids is 2. The third-order valence-corrected chi connectivity index (χ3v) is 2.27. The van der Waals surface area contributed by atoms with Crippen LogP contribution >= 0.6 is 0 Å². The van der Waals surface area contributed by atoms with E-state index < -0.39 is 29.7 Å². The second-order valence-electron chi connectivity index (χ2n) is 3.63. The first-order chi connectivity index (χ1) is 7.36. The molecule has 0 aliphatic rings. The molecule has 0 aromatic heterocycles. The van der Waals surface area contributed by atoms with Gasteiger partial charge < -0.3 is 14.6 Å². The van der Waals surface area contributed by atoms with Gasteiger partial charge in [-0.25, -0.2) is 0 Å². The van der Waals surface area contributed by atoms with Crippen LogP contribution in [0.25, 0.3) is 0 Å². The molecule has 0 aromatic rings. The van der Waals surface area contributed by atoms with E-state index in [1.165, 1.54) is 0 Å². The maximum absolute atomic E-state index is 11.4. The maximum atomic E-state index is 11.4. The second kappa shape index (κ2) is 6.09. The fraction of sp³-hybridized carbons (Fsp3) is 0.700. The van der Waals surface area contributed by atoms with E-state index >= 15 is 0 Å². The fourth-order valence-corrected chi connectivity index (χ4v) is 1.46. The van der Waals surface area contributed by atoms with Gasteiger partial charge in [0.05, 0.1) is 20.1 Å². The number of rotatable bonds is 5. The highest BCUT2D eigenvalue weighted by Gasteiger charge is 2.42. The molecule has 0 radical (unpaired) electrons. The minimum absolute atomic E-state index is 0.388. The minimum Gasteiger partial charge on any atom is -0.481 e. The number of methoxy groups -OCH3 is 2. The van der Waals surface area contributed by atoms with E-state index in [4.69, 9.17) is 5.11 Å². The molecule has 6 heteroatoms. The van der Waals surface area contributed by atoms with Crippen molar-refractivity contribution in [2.75, 3.05) is 14.2 Å². The summed E-state index contributed by atoms with van der Waals surface area (Å²) in [5.74, 6) is -5.98. The van der Waals surface area contributed by atoms with Crippen molar-refractivity contribution in [1.82, 2.24) is 0 Å². The first-order valence-corrected chi connectivity index (χ1v) is 4.75. The highest BCUT2D eigenvalue weighted by Crippen LogP contribution is 2.24. The third-order valence-electron chi connectivity index (χ3n) is 2.27. The molecular formula is C10H16O6. The quantitative estimate of drug-likeness (QED) is 0.541. The first-order valence-electron chi connectivity index (χ1n) is 4.75. The molecule has 16 heavy (non-hydrogen) atoms. The zero-order chi connectivity index (χ0) is 12.9. The molecule has 0 aliphatic heterocycles. The molecule has 6 nitrogen and oxygen atoms in total. The number of hydrogen-bond acceptors (Lipinski definition) is 5. The van der Waals surface area contributed by atoms with Gasteiger partial charge in [-0.2, -0.15) is 0 Å². The largest absolute Gasteiger partial charge is 0.481 e. The Balaban J connectivity index is 5.20. The average molecular weight is 232 g/mol. The predicted molar refractivity (Wildman–Crippen MR) is 53.5 cm³/mol. The van der Waals surface area contributed by atoms with Crippen LogP contribution in [0.3, 0.4) is 0 Å². The van der Waals surface area contributed by atoms with Crippen molar-refractivity contribution in [3.63, 3.8) is 0 Å². The van der Waals surface area contributed by atoms with Crippen molar-refractivity contribution < 1.29 is 29.0 Å². The lowest BCUT2D eigenvalue weighted by Gasteiger charge is -2.22. The van der Waals surface area contributed by atoms with Crippen LogP contribution in [0.4, 0.5) is 0 Å². The molecular weight excluding hydrogens is 216 g/mol. The van der Waals surface area contributed by atoms with Gasteiger partial charge >= 0.3 is 17.9 Å². The Hall–Kier alpha value is -1.59. The Bertz CT molecular complexity index is 267. The zero-order valence-electron chi connectivity index (χ0n) is 9.72. The van der Waals surface area contributed by atoms with Crippen LogP contribution in [0, 0.1) is 17.8 Å². The molecule has 1 atom stereocenters. The van der Waals surface area contributed by atoms with Crippen molar-refractivity contribution in [1.29, 1.82) is 0 Å². The fourth-order valence-electron chi connectivity index (χ4n) is 1.46. The Morgan fingerprint density at radius 1 is 1.00 bits per heavy atom. The molecule has 0 bridgehead atoms. The van der Waals surface area contributed by atoms with Crippen molar-refractivity contribution in [3.8, 4) is 0 Å². The maximum Gasteiger partial charge on any atom is 0.320 e. The lowest BCUT2D eigenvalue weighted by atomic mass is 9.83. The Morgan fingerprint density at radius 2 is 1.38 bits per heavy atom. The zero-order valence-corrected chi connectivity index (χ0v) is 9.72. The molecule has 1 unspecified atom stereocenters. The molecule has 0 saturated heterocycles. The lowest BCUT2D eigenvalue weighted by molar-refractivity contribution is -0.169. The van der Waals surface area contributed by atoms with E-state index in [1.54, 1.807) is 13.8 Å². The molecule has 0 saturated carbocycles. The van der Waals surface area contributed by atoms with E-state index in [1.807, 2.05) is 0 Å². The molecule has 0 aliphatic carbocycles. The molecule has 0 heterocycles. The smallest absolute Gasteiger partial charge is 0.320 e. The van der Waals surface area contributed by atoms with Crippen molar-refractivity contribution in [2.45, 2.75) is 13.8 Å². The average Bonchev–Trinajstić information content (AvgIpc) is 2.22. The number of esters is 2. The van der Waals surface area contributed by atoms with Gasteiger partial charge in [0.25, 0.3) is 0 Å². The Morgan fingerprint density at radius 3 is 1.56 bits per heavy atom. The summed E-state index contributed by atoms with van der Waals surface area (Å²) >= 11 is 0. The van der Waals surface area contributed by atoms with E-state index in [-0.39, 0.29) is 5.92 Å². The molecule has 0 amide bonds. The van der Waals surface area contributed by atoms with E-state index in [0.717, 1.165) is 14.2 Å². The van der Waals surface area contributed by atoms with E-state index in [2.05, 4.69) is 9.47 Å². The van der Waals surface area contributed by atoms with Crippen molar-refractivity contribution >= 4 is 17.9 Å².